The number of esters is 1. The molecule has 0 unspecified atom stereocenters. The smallest absolute Gasteiger partial charge is 0.339 e. The molecule has 0 saturated heterocycles. The van der Waals surface area contributed by atoms with Crippen LogP contribution >= 0.6 is 27.3 Å². The van der Waals surface area contributed by atoms with Crippen molar-refractivity contribution < 1.29 is 9.53 Å². The molecule has 0 spiro atoms. The van der Waals surface area contributed by atoms with E-state index in [1.165, 1.54) is 11.3 Å². The number of ether oxygens (including phenoxy) is 1. The molecular formula is C8H9BrO2S. The molecule has 1 aromatic heterocycles. The Kier molecular flexibility index (Phi) is 3.29. The summed E-state index contributed by atoms with van der Waals surface area (Å²) in [4.78, 5) is 11.2. The predicted octanol–water partition coefficient (Wildman–Crippen LogP) is 3.08. The number of rotatable bonds is 2. The number of thiophene rings is 1. The minimum atomic E-state index is -0.257. The Bertz CT molecular complexity index is 280. The minimum absolute atomic E-state index is 0.0591. The van der Waals surface area contributed by atoms with Crippen LogP contribution in [-0.2, 0) is 4.74 Å². The van der Waals surface area contributed by atoms with Gasteiger partial charge in [0, 0.05) is 5.38 Å². The first kappa shape index (κ1) is 9.74. The molecule has 0 aliphatic rings. The maximum absolute atomic E-state index is 11.2. The van der Waals surface area contributed by atoms with Crippen LogP contribution in [-0.4, -0.2) is 12.1 Å². The van der Waals surface area contributed by atoms with Crippen LogP contribution in [0.1, 0.15) is 24.2 Å². The van der Waals surface area contributed by atoms with E-state index in [1.54, 1.807) is 11.4 Å². The predicted molar refractivity (Wildman–Crippen MR) is 52.6 cm³/mol. The first-order chi connectivity index (χ1) is 5.59. The van der Waals surface area contributed by atoms with Gasteiger partial charge in [0.25, 0.3) is 0 Å². The summed E-state index contributed by atoms with van der Waals surface area (Å²) < 4.78 is 5.94. The van der Waals surface area contributed by atoms with Gasteiger partial charge in [-0.25, -0.2) is 4.79 Å². The topological polar surface area (TPSA) is 26.3 Å². The van der Waals surface area contributed by atoms with Crippen molar-refractivity contribution in [2.45, 2.75) is 20.0 Å². The fourth-order valence-electron chi connectivity index (χ4n) is 0.699. The largest absolute Gasteiger partial charge is 0.459 e. The van der Waals surface area contributed by atoms with Crippen LogP contribution in [0.5, 0.6) is 0 Å². The quantitative estimate of drug-likeness (QED) is 0.753. The molecule has 0 aliphatic heterocycles. The van der Waals surface area contributed by atoms with Crippen molar-refractivity contribution >= 4 is 33.2 Å². The second-order valence-corrected chi connectivity index (χ2v) is 4.88. The first-order valence-electron chi connectivity index (χ1n) is 3.54. The Morgan fingerprint density at radius 3 is 2.75 bits per heavy atom. The van der Waals surface area contributed by atoms with Gasteiger partial charge in [-0.1, -0.05) is 0 Å². The molecule has 1 heterocycles. The average Bonchev–Trinajstić information content (AvgIpc) is 2.34. The van der Waals surface area contributed by atoms with Gasteiger partial charge in [-0.15, -0.1) is 11.3 Å². The summed E-state index contributed by atoms with van der Waals surface area (Å²) in [5.41, 5.74) is 0.612. The highest BCUT2D eigenvalue weighted by Crippen LogP contribution is 2.21. The summed E-state index contributed by atoms with van der Waals surface area (Å²) in [5, 5.41) is 1.77. The van der Waals surface area contributed by atoms with Crippen LogP contribution < -0.4 is 0 Å². The second-order valence-electron chi connectivity index (χ2n) is 2.59. The average molecular weight is 249 g/mol. The van der Waals surface area contributed by atoms with Gasteiger partial charge < -0.3 is 4.74 Å². The van der Waals surface area contributed by atoms with E-state index in [-0.39, 0.29) is 12.1 Å². The zero-order valence-corrected chi connectivity index (χ0v) is 9.24. The van der Waals surface area contributed by atoms with E-state index in [0.29, 0.717) is 5.56 Å². The van der Waals surface area contributed by atoms with Gasteiger partial charge in [-0.05, 0) is 35.8 Å². The van der Waals surface area contributed by atoms with Crippen LogP contribution in [0.3, 0.4) is 0 Å². The van der Waals surface area contributed by atoms with E-state index in [4.69, 9.17) is 4.74 Å². The summed E-state index contributed by atoms with van der Waals surface area (Å²) in [7, 11) is 0. The van der Waals surface area contributed by atoms with Crippen molar-refractivity contribution in [1.29, 1.82) is 0 Å². The third-order valence-electron chi connectivity index (χ3n) is 1.15. The fraction of sp³-hybridized carbons (Fsp3) is 0.375. The highest BCUT2D eigenvalue weighted by Gasteiger charge is 2.10. The Hall–Kier alpha value is -0.350. The minimum Gasteiger partial charge on any atom is -0.459 e. The molecule has 12 heavy (non-hydrogen) atoms. The lowest BCUT2D eigenvalue weighted by molar-refractivity contribution is 0.0378. The lowest BCUT2D eigenvalue weighted by Gasteiger charge is -2.05. The molecular weight excluding hydrogens is 240 g/mol. The van der Waals surface area contributed by atoms with E-state index < -0.39 is 0 Å². The summed E-state index contributed by atoms with van der Waals surface area (Å²) in [6, 6.07) is 1.76. The summed E-state index contributed by atoms with van der Waals surface area (Å²) >= 11 is 4.75. The molecule has 0 aliphatic carbocycles. The second kappa shape index (κ2) is 4.05. The van der Waals surface area contributed by atoms with E-state index in [1.807, 2.05) is 13.8 Å². The molecule has 0 amide bonds. The molecule has 0 bridgehead atoms. The Morgan fingerprint density at radius 1 is 1.67 bits per heavy atom. The zero-order valence-electron chi connectivity index (χ0n) is 6.83. The summed E-state index contributed by atoms with van der Waals surface area (Å²) in [6.45, 7) is 3.67. The maximum Gasteiger partial charge on any atom is 0.339 e. The van der Waals surface area contributed by atoms with E-state index in [9.17, 15) is 4.79 Å². The Morgan fingerprint density at radius 2 is 2.33 bits per heavy atom. The normalized spacial score (nSPS) is 10.3. The molecule has 4 heteroatoms. The maximum atomic E-state index is 11.2. The fourth-order valence-corrected chi connectivity index (χ4v) is 1.83. The lowest BCUT2D eigenvalue weighted by atomic mass is 10.3. The molecule has 0 radical (unpaired) electrons. The van der Waals surface area contributed by atoms with Gasteiger partial charge in [0.1, 0.15) is 0 Å². The number of hydrogen-bond donors (Lipinski definition) is 0. The molecule has 1 rings (SSSR count). The van der Waals surface area contributed by atoms with Crippen molar-refractivity contribution in [2.75, 3.05) is 0 Å². The molecule has 66 valence electrons. The Balaban J connectivity index is 2.65. The third-order valence-corrected chi connectivity index (χ3v) is 2.65. The van der Waals surface area contributed by atoms with Crippen LogP contribution in [0.25, 0.3) is 0 Å². The molecule has 1 aromatic rings. The molecule has 2 nitrogen and oxygen atoms in total. The van der Waals surface area contributed by atoms with Crippen molar-refractivity contribution in [2.24, 2.45) is 0 Å². The SMILES string of the molecule is CC(C)OC(=O)c1csc(Br)c1. The Labute approximate surface area is 83.7 Å². The highest BCUT2D eigenvalue weighted by molar-refractivity contribution is 9.11. The van der Waals surface area contributed by atoms with Crippen molar-refractivity contribution in [3.8, 4) is 0 Å². The van der Waals surface area contributed by atoms with E-state index in [0.717, 1.165) is 3.79 Å². The number of halogens is 1. The third kappa shape index (κ3) is 2.60. The van der Waals surface area contributed by atoms with E-state index in [2.05, 4.69) is 15.9 Å². The van der Waals surface area contributed by atoms with Crippen molar-refractivity contribution in [3.05, 3.63) is 20.8 Å². The molecule has 0 N–H and O–H groups in total. The molecule has 0 fully saturated rings. The van der Waals surface area contributed by atoms with Gasteiger partial charge in [-0.2, -0.15) is 0 Å². The van der Waals surface area contributed by atoms with E-state index >= 15 is 0 Å². The number of carbonyl (C=O) groups is 1. The van der Waals surface area contributed by atoms with Gasteiger partial charge in [0.05, 0.1) is 15.5 Å². The van der Waals surface area contributed by atoms with Crippen LogP contribution in [0, 0.1) is 0 Å². The highest BCUT2D eigenvalue weighted by atomic mass is 79.9. The molecule has 0 aromatic carbocycles. The summed E-state index contributed by atoms with van der Waals surface area (Å²) in [6.07, 6.45) is -0.0591. The molecule has 0 atom stereocenters. The van der Waals surface area contributed by atoms with Crippen molar-refractivity contribution in [1.82, 2.24) is 0 Å². The summed E-state index contributed by atoms with van der Waals surface area (Å²) in [5.74, 6) is -0.257. The van der Waals surface area contributed by atoms with Crippen LogP contribution in [0.15, 0.2) is 15.2 Å². The van der Waals surface area contributed by atoms with Gasteiger partial charge >= 0.3 is 5.97 Å². The number of carbonyl (C=O) groups excluding carboxylic acids is 1. The standard InChI is InChI=1S/C8H9BrO2S/c1-5(2)11-8(10)6-3-7(9)12-4-6/h3-5H,1-2H3. The van der Waals surface area contributed by atoms with Crippen molar-refractivity contribution in [3.63, 3.8) is 0 Å². The number of hydrogen-bond acceptors (Lipinski definition) is 3. The first-order valence-corrected chi connectivity index (χ1v) is 5.22. The van der Waals surface area contributed by atoms with Gasteiger partial charge in [-0.3, -0.25) is 0 Å². The monoisotopic (exact) mass is 248 g/mol. The van der Waals surface area contributed by atoms with Crippen LogP contribution in [0.4, 0.5) is 0 Å². The lowest BCUT2D eigenvalue weighted by Crippen LogP contribution is -2.10. The zero-order chi connectivity index (χ0) is 9.14. The van der Waals surface area contributed by atoms with Crippen LogP contribution in [0.2, 0.25) is 0 Å². The van der Waals surface area contributed by atoms with Gasteiger partial charge in [0.15, 0.2) is 0 Å². The molecule has 0 saturated carbocycles. The van der Waals surface area contributed by atoms with Gasteiger partial charge in [0.2, 0.25) is 0 Å².